The fraction of sp³-hybridized carbons (Fsp3) is 0.308. The highest BCUT2D eigenvalue weighted by molar-refractivity contribution is 6.02. The van der Waals surface area contributed by atoms with Gasteiger partial charge >= 0.3 is 5.97 Å². The fourth-order valence-corrected chi connectivity index (χ4v) is 2.08. The number of likely N-dealkylation sites (N-methyl/N-ethyl adjacent to an activating group) is 1. The first-order valence-corrected chi connectivity index (χ1v) is 6.03. The summed E-state index contributed by atoms with van der Waals surface area (Å²) in [5, 5.41) is 9.02. The van der Waals surface area contributed by atoms with E-state index in [0.29, 0.717) is 11.3 Å². The number of hydrogen-bond donors (Lipinski definition) is 2. The van der Waals surface area contributed by atoms with Crippen molar-refractivity contribution < 1.29 is 19.5 Å². The molecule has 0 radical (unpaired) electrons. The number of nitrogens with two attached hydrogens (primary N) is 1. The van der Waals surface area contributed by atoms with Crippen LogP contribution in [-0.2, 0) is 14.4 Å². The van der Waals surface area contributed by atoms with E-state index in [1.165, 1.54) is 7.05 Å². The summed E-state index contributed by atoms with van der Waals surface area (Å²) in [6.45, 7) is 0.0389. The summed E-state index contributed by atoms with van der Waals surface area (Å²) in [6, 6.07) is 5.42. The average Bonchev–Trinajstić information content (AvgIpc) is 2.43. The maximum atomic E-state index is 11.7. The van der Waals surface area contributed by atoms with Gasteiger partial charge in [-0.2, -0.15) is 0 Å². The third-order valence-corrected chi connectivity index (χ3v) is 3.28. The van der Waals surface area contributed by atoms with E-state index < -0.39 is 12.0 Å². The predicted octanol–water partition coefficient (Wildman–Crippen LogP) is -0.424. The predicted molar refractivity (Wildman–Crippen MR) is 71.0 cm³/mol. The summed E-state index contributed by atoms with van der Waals surface area (Å²) < 4.78 is 0. The van der Waals surface area contributed by atoms with Gasteiger partial charge in [-0.15, -0.1) is 0 Å². The molecule has 3 N–H and O–H groups in total. The normalized spacial score (nSPS) is 17.3. The maximum Gasteiger partial charge on any atom is 0.325 e. The van der Waals surface area contributed by atoms with Gasteiger partial charge in [-0.1, -0.05) is 18.2 Å². The Morgan fingerprint density at radius 3 is 2.35 bits per heavy atom. The first kappa shape index (κ1) is 14.0. The number of piperazine rings is 1. The molecule has 0 aromatic heterocycles. The number of aliphatic carboxylic acids is 1. The molecule has 20 heavy (non-hydrogen) atoms. The highest BCUT2D eigenvalue weighted by Crippen LogP contribution is 2.26. The van der Waals surface area contributed by atoms with Gasteiger partial charge in [0.15, 0.2) is 0 Å². The smallest absolute Gasteiger partial charge is 0.325 e. The average molecular weight is 277 g/mol. The first-order chi connectivity index (χ1) is 9.41. The number of amides is 2. The van der Waals surface area contributed by atoms with Gasteiger partial charge < -0.3 is 15.7 Å². The monoisotopic (exact) mass is 277 g/mol. The van der Waals surface area contributed by atoms with Gasteiger partial charge in [0.25, 0.3) is 0 Å². The third kappa shape index (κ3) is 2.48. The lowest BCUT2D eigenvalue weighted by Gasteiger charge is -2.33. The second-order valence-corrected chi connectivity index (χ2v) is 4.58. The van der Waals surface area contributed by atoms with Crippen molar-refractivity contribution in [2.24, 2.45) is 5.73 Å². The summed E-state index contributed by atoms with van der Waals surface area (Å²) in [5.74, 6) is -1.83. The van der Waals surface area contributed by atoms with Gasteiger partial charge in [0.05, 0.1) is 13.1 Å². The van der Waals surface area contributed by atoms with Gasteiger partial charge in [0, 0.05) is 18.3 Å². The summed E-state index contributed by atoms with van der Waals surface area (Å²) in [5.41, 5.74) is 6.51. The Balaban J connectivity index is 2.36. The molecule has 1 atom stereocenters. The van der Waals surface area contributed by atoms with Crippen LogP contribution in [0.25, 0.3) is 0 Å². The largest absolute Gasteiger partial charge is 0.480 e. The molecule has 0 saturated carbocycles. The fourth-order valence-electron chi connectivity index (χ4n) is 2.08. The quantitative estimate of drug-likeness (QED) is 0.727. The SMILES string of the molecule is CN1C(=O)CN(c2ccccc2C(N)C(=O)O)CC1=O. The van der Waals surface area contributed by atoms with Crippen molar-refractivity contribution in [2.75, 3.05) is 25.0 Å². The zero-order chi connectivity index (χ0) is 14.9. The molecule has 2 rings (SSSR count). The first-order valence-electron chi connectivity index (χ1n) is 6.03. The van der Waals surface area contributed by atoms with Crippen LogP contribution in [0.15, 0.2) is 24.3 Å². The van der Waals surface area contributed by atoms with Crippen LogP contribution < -0.4 is 10.6 Å². The number of benzene rings is 1. The molecule has 1 heterocycles. The number of carboxylic acids is 1. The topological polar surface area (TPSA) is 104 Å². The maximum absolute atomic E-state index is 11.7. The lowest BCUT2D eigenvalue weighted by Crippen LogP contribution is -2.52. The van der Waals surface area contributed by atoms with Gasteiger partial charge in [-0.05, 0) is 6.07 Å². The summed E-state index contributed by atoms with van der Waals surface area (Å²) in [7, 11) is 1.43. The highest BCUT2D eigenvalue weighted by atomic mass is 16.4. The minimum absolute atomic E-state index is 0.0194. The minimum atomic E-state index is -1.20. The van der Waals surface area contributed by atoms with Crippen molar-refractivity contribution in [2.45, 2.75) is 6.04 Å². The number of carboxylic acid groups (broad SMARTS) is 1. The molecule has 1 saturated heterocycles. The Bertz CT molecular complexity index is 554. The standard InChI is InChI=1S/C13H15N3O4/c1-15-10(17)6-16(7-11(15)18)9-5-3-2-4-8(9)12(14)13(19)20/h2-5,12H,6-7,14H2,1H3,(H,19,20). The molecule has 0 spiro atoms. The Morgan fingerprint density at radius 2 is 1.80 bits per heavy atom. The molecule has 1 fully saturated rings. The van der Waals surface area contributed by atoms with E-state index >= 15 is 0 Å². The second kappa shape index (κ2) is 5.30. The van der Waals surface area contributed by atoms with Gasteiger partial charge in [-0.3, -0.25) is 19.3 Å². The third-order valence-electron chi connectivity index (χ3n) is 3.28. The molecule has 0 bridgehead atoms. The number of anilines is 1. The van der Waals surface area contributed by atoms with Gasteiger partial charge in [0.2, 0.25) is 11.8 Å². The van der Waals surface area contributed by atoms with E-state index in [4.69, 9.17) is 10.8 Å². The van der Waals surface area contributed by atoms with Crippen molar-refractivity contribution in [3.05, 3.63) is 29.8 Å². The number of imide groups is 1. The molecule has 2 amide bonds. The van der Waals surface area contributed by atoms with Crippen LogP contribution in [0, 0.1) is 0 Å². The van der Waals surface area contributed by atoms with Crippen molar-refractivity contribution in [1.29, 1.82) is 0 Å². The molecule has 7 nitrogen and oxygen atoms in total. The molecular formula is C13H15N3O4. The molecule has 1 aromatic rings. The van der Waals surface area contributed by atoms with E-state index in [2.05, 4.69) is 0 Å². The van der Waals surface area contributed by atoms with Crippen molar-refractivity contribution in [1.82, 2.24) is 4.90 Å². The number of hydrogen-bond acceptors (Lipinski definition) is 5. The zero-order valence-corrected chi connectivity index (χ0v) is 10.9. The molecular weight excluding hydrogens is 262 g/mol. The van der Waals surface area contributed by atoms with Crippen molar-refractivity contribution >= 4 is 23.5 Å². The lowest BCUT2D eigenvalue weighted by molar-refractivity contribution is -0.143. The number of carbonyl (C=O) groups excluding carboxylic acids is 2. The number of rotatable bonds is 3. The zero-order valence-electron chi connectivity index (χ0n) is 10.9. The van der Waals surface area contributed by atoms with E-state index in [9.17, 15) is 14.4 Å². The molecule has 1 aliphatic rings. The van der Waals surface area contributed by atoms with Crippen LogP contribution in [0.2, 0.25) is 0 Å². The summed E-state index contributed by atoms with van der Waals surface area (Å²) >= 11 is 0. The Hall–Kier alpha value is -2.41. The van der Waals surface area contributed by atoms with Crippen molar-refractivity contribution in [3.63, 3.8) is 0 Å². The Morgan fingerprint density at radius 1 is 1.25 bits per heavy atom. The van der Waals surface area contributed by atoms with E-state index in [1.807, 2.05) is 0 Å². The minimum Gasteiger partial charge on any atom is -0.480 e. The number of nitrogens with zero attached hydrogens (tertiary/aromatic N) is 2. The highest BCUT2D eigenvalue weighted by Gasteiger charge is 2.30. The molecule has 1 aliphatic heterocycles. The van der Waals surface area contributed by atoms with Crippen molar-refractivity contribution in [3.8, 4) is 0 Å². The number of carbonyl (C=O) groups is 3. The van der Waals surface area contributed by atoms with Crippen LogP contribution in [0.1, 0.15) is 11.6 Å². The van der Waals surface area contributed by atoms with Gasteiger partial charge in [0.1, 0.15) is 6.04 Å². The number of para-hydroxylation sites is 1. The summed E-state index contributed by atoms with van der Waals surface area (Å²) in [4.78, 5) is 37.1. The molecule has 0 aliphatic carbocycles. The second-order valence-electron chi connectivity index (χ2n) is 4.58. The van der Waals surface area contributed by atoms with Crippen LogP contribution in [0.3, 0.4) is 0 Å². The van der Waals surface area contributed by atoms with E-state index in [0.717, 1.165) is 4.90 Å². The molecule has 7 heteroatoms. The lowest BCUT2D eigenvalue weighted by atomic mass is 10.0. The van der Waals surface area contributed by atoms with Crippen LogP contribution >= 0.6 is 0 Å². The Labute approximate surface area is 115 Å². The van der Waals surface area contributed by atoms with Crippen LogP contribution in [0.4, 0.5) is 5.69 Å². The molecule has 1 unspecified atom stereocenters. The molecule has 106 valence electrons. The van der Waals surface area contributed by atoms with Gasteiger partial charge in [-0.25, -0.2) is 0 Å². The molecule has 1 aromatic carbocycles. The van der Waals surface area contributed by atoms with Crippen LogP contribution in [-0.4, -0.2) is 47.9 Å². The summed E-state index contributed by atoms with van der Waals surface area (Å²) in [6.07, 6.45) is 0. The van der Waals surface area contributed by atoms with Crippen LogP contribution in [0.5, 0.6) is 0 Å². The van der Waals surface area contributed by atoms with E-state index in [1.54, 1.807) is 29.2 Å². The van der Waals surface area contributed by atoms with E-state index in [-0.39, 0.29) is 24.9 Å². The Kier molecular flexibility index (Phi) is 3.71.